The van der Waals surface area contributed by atoms with Crippen molar-refractivity contribution in [1.82, 2.24) is 9.47 Å². The number of nitrogens with zero attached hydrogens (tertiary/aromatic N) is 2. The summed E-state index contributed by atoms with van der Waals surface area (Å²) in [7, 11) is 1.70. The van der Waals surface area contributed by atoms with Crippen LogP contribution in [0.25, 0.3) is 0 Å². The summed E-state index contributed by atoms with van der Waals surface area (Å²) in [6.45, 7) is 2.24. The number of ether oxygens (including phenoxy) is 1. The van der Waals surface area contributed by atoms with Crippen LogP contribution in [0, 0.1) is 11.8 Å². The lowest BCUT2D eigenvalue weighted by atomic mass is 9.81. The predicted octanol–water partition coefficient (Wildman–Crippen LogP) is 6.57. The molecule has 1 aromatic heterocycles. The summed E-state index contributed by atoms with van der Waals surface area (Å²) in [6.07, 6.45) is 6.97. The Morgan fingerprint density at radius 3 is 2.48 bits per heavy atom. The Kier molecular flexibility index (Phi) is 8.91. The van der Waals surface area contributed by atoms with Gasteiger partial charge in [0.25, 0.3) is 0 Å². The van der Waals surface area contributed by atoms with Crippen molar-refractivity contribution in [2.24, 2.45) is 11.8 Å². The summed E-state index contributed by atoms with van der Waals surface area (Å²) in [5.74, 6) is 0.583. The fraction of sp³-hybridized carbons (Fsp3) is 0.469. The molecule has 0 bridgehead atoms. The maximum absolute atomic E-state index is 11.5. The van der Waals surface area contributed by atoms with E-state index >= 15 is 0 Å². The summed E-state index contributed by atoms with van der Waals surface area (Å²) < 4.78 is 7.28. The molecule has 0 aliphatic heterocycles. The first-order valence-corrected chi connectivity index (χ1v) is 14.7. The highest BCUT2D eigenvalue weighted by atomic mass is 35.5. The lowest BCUT2D eigenvalue weighted by molar-refractivity contribution is -0.143. The van der Waals surface area contributed by atoms with E-state index in [9.17, 15) is 20.1 Å². The Bertz CT molecular complexity index is 1310. The zero-order valence-electron chi connectivity index (χ0n) is 23.1. The fourth-order valence-electron chi connectivity index (χ4n) is 6.60. The predicted molar refractivity (Wildman–Crippen MR) is 155 cm³/mol. The Hall–Kier alpha value is -3.16. The van der Waals surface area contributed by atoms with E-state index in [1.807, 2.05) is 6.07 Å². The summed E-state index contributed by atoms with van der Waals surface area (Å²) in [4.78, 5) is 14.1. The van der Waals surface area contributed by atoms with Gasteiger partial charge in [0.15, 0.2) is 11.8 Å². The molecule has 7 nitrogen and oxygen atoms in total. The molecular formula is C32H39ClN2O5. The molecule has 0 unspecified atom stereocenters. The van der Waals surface area contributed by atoms with Gasteiger partial charge in [0.1, 0.15) is 5.75 Å². The summed E-state index contributed by atoms with van der Waals surface area (Å²) in [5.41, 5.74) is 4.95. The van der Waals surface area contributed by atoms with Crippen LogP contribution in [0.4, 0.5) is 0 Å². The zero-order valence-corrected chi connectivity index (χ0v) is 23.8. The number of aliphatic carboxylic acids is 1. The van der Waals surface area contributed by atoms with Gasteiger partial charge in [0, 0.05) is 42.8 Å². The standard InChI is InChI=1S/C32H39ClN2O5/c1-40-29-17-22(6-7-23(29)3-2-16-35-30(36)14-15-31(35)37)20-34(19-21-4-8-24(9-5-21)32(38)39)28-13-10-25-18-26(33)11-12-27(25)28/h6-7,11-12,14-15,17-18,21,24,28,36-37H,2-5,8-10,13,16,19-20H2,1H3,(H,38,39)/t21?,24?,28-/m1/s1. The quantitative estimate of drug-likeness (QED) is 0.243. The molecule has 3 aromatic rings. The van der Waals surface area contributed by atoms with E-state index < -0.39 is 5.97 Å². The Balaban J connectivity index is 1.31. The van der Waals surface area contributed by atoms with Gasteiger partial charge in [-0.2, -0.15) is 0 Å². The normalized spacial score (nSPS) is 20.5. The molecule has 40 heavy (non-hydrogen) atoms. The SMILES string of the molecule is COc1cc(CN(CC2CCC(C(=O)O)CC2)[C@@H]2CCc3cc(Cl)ccc32)ccc1CCCn1c(O)ccc1O. The van der Waals surface area contributed by atoms with E-state index in [1.165, 1.54) is 33.4 Å². The second-order valence-electron chi connectivity index (χ2n) is 11.3. The van der Waals surface area contributed by atoms with Crippen molar-refractivity contribution in [1.29, 1.82) is 0 Å². The van der Waals surface area contributed by atoms with Crippen molar-refractivity contribution in [3.05, 3.63) is 75.8 Å². The Morgan fingerprint density at radius 1 is 1.02 bits per heavy atom. The number of halogens is 1. The molecule has 2 aliphatic carbocycles. The highest BCUT2D eigenvalue weighted by Gasteiger charge is 2.32. The third-order valence-corrected chi connectivity index (χ3v) is 9.02. The number of rotatable bonds is 11. The largest absolute Gasteiger partial charge is 0.496 e. The van der Waals surface area contributed by atoms with Crippen LogP contribution in [0.5, 0.6) is 17.5 Å². The number of hydrogen-bond donors (Lipinski definition) is 3. The van der Waals surface area contributed by atoms with E-state index in [0.29, 0.717) is 18.5 Å². The number of aryl methyl sites for hydroxylation is 2. The second-order valence-corrected chi connectivity index (χ2v) is 11.8. The fourth-order valence-corrected chi connectivity index (χ4v) is 6.79. The van der Waals surface area contributed by atoms with Crippen LogP contribution in [0.1, 0.15) is 66.8 Å². The van der Waals surface area contributed by atoms with Gasteiger partial charge in [-0.3, -0.25) is 14.3 Å². The number of aromatic hydroxyl groups is 2. The molecular weight excluding hydrogens is 528 g/mol. The Labute approximate surface area is 241 Å². The van der Waals surface area contributed by atoms with Crippen LogP contribution < -0.4 is 4.74 Å². The molecule has 214 valence electrons. The molecule has 1 saturated carbocycles. The van der Waals surface area contributed by atoms with E-state index in [2.05, 4.69) is 35.2 Å². The van der Waals surface area contributed by atoms with Crippen molar-refractivity contribution in [2.75, 3.05) is 13.7 Å². The van der Waals surface area contributed by atoms with E-state index in [0.717, 1.165) is 80.8 Å². The van der Waals surface area contributed by atoms with Gasteiger partial charge in [-0.1, -0.05) is 29.8 Å². The number of carboxylic acid groups (broad SMARTS) is 1. The topological polar surface area (TPSA) is 95.2 Å². The van der Waals surface area contributed by atoms with Gasteiger partial charge in [0.05, 0.1) is 13.0 Å². The van der Waals surface area contributed by atoms with Gasteiger partial charge in [-0.05, 0) is 97.7 Å². The van der Waals surface area contributed by atoms with Crippen molar-refractivity contribution in [3.8, 4) is 17.5 Å². The number of aromatic nitrogens is 1. The second kappa shape index (κ2) is 12.6. The van der Waals surface area contributed by atoms with Crippen molar-refractivity contribution >= 4 is 17.6 Å². The molecule has 1 atom stereocenters. The number of carboxylic acids is 1. The minimum absolute atomic E-state index is 0.0621. The minimum atomic E-state index is -0.661. The lowest BCUT2D eigenvalue weighted by Crippen LogP contribution is -2.34. The third-order valence-electron chi connectivity index (χ3n) is 8.78. The Morgan fingerprint density at radius 2 is 1.77 bits per heavy atom. The molecule has 2 aromatic carbocycles. The van der Waals surface area contributed by atoms with E-state index in [1.54, 1.807) is 7.11 Å². The van der Waals surface area contributed by atoms with Gasteiger partial charge in [-0.15, -0.1) is 0 Å². The average Bonchev–Trinajstić information content (AvgIpc) is 3.51. The first-order chi connectivity index (χ1) is 19.3. The van der Waals surface area contributed by atoms with Crippen LogP contribution >= 0.6 is 11.6 Å². The lowest BCUT2D eigenvalue weighted by Gasteiger charge is -2.35. The smallest absolute Gasteiger partial charge is 0.306 e. The molecule has 8 heteroatoms. The molecule has 0 amide bonds. The van der Waals surface area contributed by atoms with E-state index in [4.69, 9.17) is 16.3 Å². The number of fused-ring (bicyclic) bond motifs is 1. The molecule has 1 heterocycles. The molecule has 1 fully saturated rings. The van der Waals surface area contributed by atoms with Crippen LogP contribution in [0.3, 0.4) is 0 Å². The summed E-state index contributed by atoms with van der Waals surface area (Å²) >= 11 is 6.30. The van der Waals surface area contributed by atoms with Gasteiger partial charge in [-0.25, -0.2) is 0 Å². The van der Waals surface area contributed by atoms with Crippen LogP contribution in [-0.2, 0) is 30.7 Å². The molecule has 2 aliphatic rings. The molecule has 3 N–H and O–H groups in total. The number of methoxy groups -OCH3 is 1. The zero-order chi connectivity index (χ0) is 28.2. The number of benzene rings is 2. The van der Waals surface area contributed by atoms with Gasteiger partial charge in [0.2, 0.25) is 0 Å². The summed E-state index contributed by atoms with van der Waals surface area (Å²) in [5, 5.41) is 30.0. The van der Waals surface area contributed by atoms with Crippen LogP contribution in [0.15, 0.2) is 48.5 Å². The first-order valence-electron chi connectivity index (χ1n) is 14.3. The van der Waals surface area contributed by atoms with Crippen LogP contribution in [-0.4, -0.2) is 44.4 Å². The van der Waals surface area contributed by atoms with E-state index in [-0.39, 0.29) is 17.7 Å². The maximum atomic E-state index is 11.5. The minimum Gasteiger partial charge on any atom is -0.496 e. The van der Waals surface area contributed by atoms with Crippen LogP contribution in [0.2, 0.25) is 5.02 Å². The third kappa shape index (κ3) is 6.42. The molecule has 0 radical (unpaired) electrons. The number of hydrogen-bond acceptors (Lipinski definition) is 5. The van der Waals surface area contributed by atoms with Crippen molar-refractivity contribution < 1.29 is 24.9 Å². The van der Waals surface area contributed by atoms with Crippen molar-refractivity contribution in [2.45, 2.75) is 70.5 Å². The maximum Gasteiger partial charge on any atom is 0.306 e. The monoisotopic (exact) mass is 566 g/mol. The summed E-state index contributed by atoms with van der Waals surface area (Å²) in [6, 6.07) is 16.0. The first kappa shape index (κ1) is 28.4. The molecule has 5 rings (SSSR count). The van der Waals surface area contributed by atoms with Gasteiger partial charge >= 0.3 is 5.97 Å². The molecule has 0 saturated heterocycles. The average molecular weight is 567 g/mol. The van der Waals surface area contributed by atoms with Gasteiger partial charge < -0.3 is 20.1 Å². The number of carbonyl (C=O) groups is 1. The highest BCUT2D eigenvalue weighted by molar-refractivity contribution is 6.30. The highest BCUT2D eigenvalue weighted by Crippen LogP contribution is 2.40. The molecule has 0 spiro atoms. The van der Waals surface area contributed by atoms with Crippen molar-refractivity contribution in [3.63, 3.8) is 0 Å².